The Morgan fingerprint density at radius 2 is 1.88 bits per heavy atom. The molecule has 1 N–H and O–H groups in total. The summed E-state index contributed by atoms with van der Waals surface area (Å²) >= 11 is 3.48. The number of benzene rings is 2. The van der Waals surface area contributed by atoms with Crippen molar-refractivity contribution in [1.29, 1.82) is 0 Å². The van der Waals surface area contributed by atoms with Crippen LogP contribution in [-0.2, 0) is 9.53 Å². The topological polar surface area (TPSA) is 90.7 Å². The Bertz CT molecular complexity index is 1060. The SMILES string of the molecule is CC(=O)Nc1c(C#Cc2ccccc2)c(Br)c(OCOCC[Si](C)(C)C)c(C)c1[N+](=O)[O-]. The summed E-state index contributed by atoms with van der Waals surface area (Å²) in [4.78, 5) is 23.2. The van der Waals surface area contributed by atoms with Gasteiger partial charge >= 0.3 is 5.69 Å². The van der Waals surface area contributed by atoms with Gasteiger partial charge in [-0.15, -0.1) is 0 Å². The first-order valence-electron chi connectivity index (χ1n) is 10.1. The monoisotopic (exact) mass is 518 g/mol. The van der Waals surface area contributed by atoms with Crippen molar-refractivity contribution in [2.45, 2.75) is 39.5 Å². The molecule has 0 radical (unpaired) electrons. The van der Waals surface area contributed by atoms with Gasteiger partial charge in [0.15, 0.2) is 6.79 Å². The van der Waals surface area contributed by atoms with Gasteiger partial charge < -0.3 is 14.8 Å². The largest absolute Gasteiger partial charge is 0.466 e. The number of amides is 1. The van der Waals surface area contributed by atoms with Crippen molar-refractivity contribution in [3.63, 3.8) is 0 Å². The number of nitro groups is 1. The molecule has 7 nitrogen and oxygen atoms in total. The van der Waals surface area contributed by atoms with Crippen molar-refractivity contribution >= 4 is 41.3 Å². The van der Waals surface area contributed by atoms with Crippen LogP contribution in [0.4, 0.5) is 11.4 Å². The van der Waals surface area contributed by atoms with E-state index in [9.17, 15) is 14.9 Å². The first-order chi connectivity index (χ1) is 15.0. The minimum atomic E-state index is -1.24. The molecule has 0 bridgehead atoms. The molecule has 0 aliphatic heterocycles. The van der Waals surface area contributed by atoms with Crippen LogP contribution in [0.2, 0.25) is 25.7 Å². The minimum absolute atomic E-state index is 0.0299. The maximum atomic E-state index is 11.9. The van der Waals surface area contributed by atoms with Gasteiger partial charge in [-0.3, -0.25) is 14.9 Å². The van der Waals surface area contributed by atoms with E-state index in [2.05, 4.69) is 52.7 Å². The second-order valence-corrected chi connectivity index (χ2v) is 14.8. The summed E-state index contributed by atoms with van der Waals surface area (Å²) < 4.78 is 11.8. The van der Waals surface area contributed by atoms with E-state index < -0.39 is 18.9 Å². The first-order valence-corrected chi connectivity index (χ1v) is 14.6. The third-order valence-corrected chi connectivity index (χ3v) is 6.93. The average Bonchev–Trinajstić information content (AvgIpc) is 2.69. The van der Waals surface area contributed by atoms with Gasteiger partial charge in [-0.2, -0.15) is 0 Å². The van der Waals surface area contributed by atoms with E-state index >= 15 is 0 Å². The molecular weight excluding hydrogens is 492 g/mol. The molecule has 0 heterocycles. The van der Waals surface area contributed by atoms with Gasteiger partial charge in [-0.05, 0) is 41.0 Å². The molecule has 170 valence electrons. The molecule has 0 spiro atoms. The average molecular weight is 519 g/mol. The quantitative estimate of drug-likeness (QED) is 0.120. The molecule has 9 heteroatoms. The highest BCUT2D eigenvalue weighted by molar-refractivity contribution is 9.10. The van der Waals surface area contributed by atoms with E-state index in [1.165, 1.54) is 6.92 Å². The lowest BCUT2D eigenvalue weighted by Gasteiger charge is -2.18. The number of nitrogens with one attached hydrogen (secondary N) is 1. The number of rotatable bonds is 8. The van der Waals surface area contributed by atoms with Crippen LogP contribution in [0.3, 0.4) is 0 Å². The number of carbonyl (C=O) groups excluding carboxylic acids is 1. The lowest BCUT2D eigenvalue weighted by Crippen LogP contribution is -2.22. The van der Waals surface area contributed by atoms with Gasteiger partial charge in [0.1, 0.15) is 11.4 Å². The number of ether oxygens (including phenoxy) is 2. The van der Waals surface area contributed by atoms with Crippen molar-refractivity contribution in [1.82, 2.24) is 0 Å². The van der Waals surface area contributed by atoms with E-state index in [-0.39, 0.29) is 35.0 Å². The fourth-order valence-electron chi connectivity index (χ4n) is 2.81. The molecule has 0 aromatic heterocycles. The van der Waals surface area contributed by atoms with E-state index in [0.29, 0.717) is 11.1 Å². The summed E-state index contributed by atoms with van der Waals surface area (Å²) in [6.45, 7) is 10.1. The summed E-state index contributed by atoms with van der Waals surface area (Å²) in [5, 5.41) is 14.5. The predicted molar refractivity (Wildman–Crippen MR) is 132 cm³/mol. The van der Waals surface area contributed by atoms with Crippen LogP contribution in [0.5, 0.6) is 5.75 Å². The van der Waals surface area contributed by atoms with Crippen LogP contribution in [-0.4, -0.2) is 32.3 Å². The summed E-state index contributed by atoms with van der Waals surface area (Å²) in [6, 6.07) is 10.2. The van der Waals surface area contributed by atoms with Crippen molar-refractivity contribution in [3.8, 4) is 17.6 Å². The van der Waals surface area contributed by atoms with Gasteiger partial charge in [0.25, 0.3) is 0 Å². The Balaban J connectivity index is 2.50. The van der Waals surface area contributed by atoms with E-state index in [1.54, 1.807) is 6.92 Å². The summed E-state index contributed by atoms with van der Waals surface area (Å²) in [7, 11) is -1.24. The highest BCUT2D eigenvalue weighted by atomic mass is 79.9. The maximum Gasteiger partial charge on any atom is 0.300 e. The highest BCUT2D eigenvalue weighted by Crippen LogP contribution is 2.44. The maximum absolute atomic E-state index is 11.9. The molecule has 32 heavy (non-hydrogen) atoms. The van der Waals surface area contributed by atoms with Crippen LogP contribution in [0.25, 0.3) is 0 Å². The number of hydrogen-bond donors (Lipinski definition) is 1. The Morgan fingerprint density at radius 1 is 1.22 bits per heavy atom. The lowest BCUT2D eigenvalue weighted by molar-refractivity contribution is -0.384. The Labute approximate surface area is 197 Å². The second-order valence-electron chi connectivity index (χ2n) is 8.40. The van der Waals surface area contributed by atoms with Crippen molar-refractivity contribution in [2.24, 2.45) is 0 Å². The van der Waals surface area contributed by atoms with Gasteiger partial charge in [-0.25, -0.2) is 0 Å². The smallest absolute Gasteiger partial charge is 0.300 e. The van der Waals surface area contributed by atoms with E-state index in [0.717, 1.165) is 11.6 Å². The Hall–Kier alpha value is -2.67. The normalized spacial score (nSPS) is 10.8. The van der Waals surface area contributed by atoms with E-state index in [4.69, 9.17) is 9.47 Å². The molecular formula is C23H27BrN2O5Si. The molecule has 0 fully saturated rings. The fraction of sp³-hybridized carbons (Fsp3) is 0.348. The molecule has 0 aliphatic carbocycles. The molecule has 0 saturated heterocycles. The first kappa shape index (κ1) is 25.6. The van der Waals surface area contributed by atoms with Gasteiger partial charge in [-0.1, -0.05) is 49.7 Å². The van der Waals surface area contributed by atoms with E-state index in [1.807, 2.05) is 30.3 Å². The standard InChI is InChI=1S/C23H27BrN2O5Si/c1-16-22(26(28)29)21(25-17(2)27)19(12-11-18-9-7-6-8-10-18)20(24)23(16)31-15-30-13-14-32(3,4)5/h6-10H,13-15H2,1-5H3,(H,25,27). The number of nitro benzene ring substituents is 1. The van der Waals surface area contributed by atoms with Gasteiger partial charge in [0.05, 0.1) is 20.5 Å². The van der Waals surface area contributed by atoms with Gasteiger partial charge in [0, 0.05) is 27.2 Å². The highest BCUT2D eigenvalue weighted by Gasteiger charge is 2.29. The lowest BCUT2D eigenvalue weighted by atomic mass is 10.0. The molecule has 2 rings (SSSR count). The summed E-state index contributed by atoms with van der Waals surface area (Å²) in [5.74, 6) is 5.76. The fourth-order valence-corrected chi connectivity index (χ4v) is 4.28. The third kappa shape index (κ3) is 7.19. The van der Waals surface area contributed by atoms with Crippen LogP contribution < -0.4 is 10.1 Å². The zero-order valence-electron chi connectivity index (χ0n) is 18.9. The predicted octanol–water partition coefficient (Wildman–Crippen LogP) is 5.72. The molecule has 1 amide bonds. The Kier molecular flexibility index (Phi) is 9.01. The number of anilines is 1. The summed E-state index contributed by atoms with van der Waals surface area (Å²) in [5.41, 5.74) is 1.02. The number of carbonyl (C=O) groups is 1. The third-order valence-electron chi connectivity index (χ3n) is 4.47. The van der Waals surface area contributed by atoms with Crippen molar-refractivity contribution in [2.75, 3.05) is 18.7 Å². The van der Waals surface area contributed by atoms with Crippen LogP contribution in [0.1, 0.15) is 23.6 Å². The van der Waals surface area contributed by atoms with Gasteiger partial charge in [0.2, 0.25) is 5.91 Å². The van der Waals surface area contributed by atoms with Crippen LogP contribution >= 0.6 is 15.9 Å². The van der Waals surface area contributed by atoms with Crippen molar-refractivity contribution < 1.29 is 19.2 Å². The van der Waals surface area contributed by atoms with Crippen molar-refractivity contribution in [3.05, 3.63) is 61.6 Å². The Morgan fingerprint density at radius 3 is 2.44 bits per heavy atom. The molecule has 2 aromatic carbocycles. The minimum Gasteiger partial charge on any atom is -0.466 e. The zero-order chi connectivity index (χ0) is 23.9. The van der Waals surface area contributed by atoms with Crippen LogP contribution in [0, 0.1) is 28.9 Å². The zero-order valence-corrected chi connectivity index (χ0v) is 21.5. The summed E-state index contributed by atoms with van der Waals surface area (Å²) in [6.07, 6.45) is 0. The van der Waals surface area contributed by atoms with Crippen LogP contribution in [0.15, 0.2) is 34.8 Å². The molecule has 2 aromatic rings. The number of nitrogens with zero attached hydrogens (tertiary/aromatic N) is 1. The number of halogens is 1. The molecule has 0 unspecified atom stereocenters. The molecule has 0 saturated carbocycles. The molecule has 0 aliphatic rings. The number of hydrogen-bond acceptors (Lipinski definition) is 5. The molecule has 0 atom stereocenters. The second kappa shape index (κ2) is 11.3.